The second-order valence-corrected chi connectivity index (χ2v) is 9.50. The van der Waals surface area contributed by atoms with E-state index in [0.717, 1.165) is 38.6 Å². The third-order valence-electron chi connectivity index (χ3n) is 4.29. The minimum Gasteiger partial charge on any atom is -0.313 e. The summed E-state index contributed by atoms with van der Waals surface area (Å²) in [4.78, 5) is 0. The first-order valence-electron chi connectivity index (χ1n) is 7.58. The lowest BCUT2D eigenvalue weighted by molar-refractivity contribution is 0.159. The zero-order valence-electron chi connectivity index (χ0n) is 13.2. The van der Waals surface area contributed by atoms with E-state index in [0.29, 0.717) is 12.0 Å². The van der Waals surface area contributed by atoms with Gasteiger partial charge in [-0.1, -0.05) is 34.1 Å². The van der Waals surface area contributed by atoms with Crippen LogP contribution >= 0.6 is 0 Å². The summed E-state index contributed by atoms with van der Waals surface area (Å²) in [5.74, 6) is 0.486. The molecule has 1 aliphatic rings. The molecule has 0 aliphatic heterocycles. The highest BCUT2D eigenvalue weighted by atomic mass is 32.2. The van der Waals surface area contributed by atoms with Gasteiger partial charge in [-0.05, 0) is 43.6 Å². The lowest BCUT2D eigenvalue weighted by Crippen LogP contribution is -2.48. The first-order chi connectivity index (χ1) is 8.66. The molecule has 0 spiro atoms. The van der Waals surface area contributed by atoms with Crippen molar-refractivity contribution in [2.45, 2.75) is 71.1 Å². The van der Waals surface area contributed by atoms with E-state index in [1.54, 1.807) is 0 Å². The highest BCUT2D eigenvalue weighted by Crippen LogP contribution is 2.36. The van der Waals surface area contributed by atoms with E-state index in [2.05, 4.69) is 33.0 Å². The lowest BCUT2D eigenvalue weighted by Gasteiger charge is -2.41. The van der Waals surface area contributed by atoms with Crippen LogP contribution in [0.1, 0.15) is 59.8 Å². The molecule has 19 heavy (non-hydrogen) atoms. The maximum Gasteiger partial charge on any atom is 0.150 e. The van der Waals surface area contributed by atoms with Crippen molar-refractivity contribution in [1.82, 2.24) is 5.32 Å². The highest BCUT2D eigenvalue weighted by Gasteiger charge is 2.37. The van der Waals surface area contributed by atoms with Crippen molar-refractivity contribution in [3.8, 4) is 0 Å². The Morgan fingerprint density at radius 1 is 1.26 bits per heavy atom. The van der Waals surface area contributed by atoms with E-state index < -0.39 is 9.84 Å². The van der Waals surface area contributed by atoms with E-state index in [1.165, 1.54) is 6.26 Å². The molecule has 0 aromatic rings. The molecule has 0 radical (unpaired) electrons. The highest BCUT2D eigenvalue weighted by molar-refractivity contribution is 7.91. The number of sulfone groups is 1. The molecule has 1 N–H and O–H groups in total. The molecular formula is C15H31NO2S. The minimum absolute atomic E-state index is 0.125. The molecular weight excluding hydrogens is 258 g/mol. The second-order valence-electron chi connectivity index (χ2n) is 7.18. The van der Waals surface area contributed by atoms with Gasteiger partial charge >= 0.3 is 0 Å². The Hall–Kier alpha value is -0.0900. The van der Waals surface area contributed by atoms with Crippen molar-refractivity contribution < 1.29 is 8.42 Å². The average Bonchev–Trinajstić information content (AvgIpc) is 2.27. The molecule has 0 aromatic heterocycles. The van der Waals surface area contributed by atoms with E-state index in [4.69, 9.17) is 0 Å². The fourth-order valence-corrected chi connectivity index (χ4v) is 4.54. The van der Waals surface area contributed by atoms with Crippen molar-refractivity contribution in [3.63, 3.8) is 0 Å². The number of rotatable bonds is 5. The van der Waals surface area contributed by atoms with Crippen molar-refractivity contribution in [1.29, 1.82) is 0 Å². The predicted molar refractivity (Wildman–Crippen MR) is 82.1 cm³/mol. The van der Waals surface area contributed by atoms with Gasteiger partial charge in [-0.15, -0.1) is 0 Å². The zero-order chi connectivity index (χ0) is 14.7. The van der Waals surface area contributed by atoms with Crippen LogP contribution in [0.5, 0.6) is 0 Å². The molecule has 0 amide bonds. The number of hydrogen-bond acceptors (Lipinski definition) is 3. The van der Waals surface area contributed by atoms with Crippen LogP contribution in [0.4, 0.5) is 0 Å². The molecule has 1 aliphatic carbocycles. The molecule has 114 valence electrons. The molecule has 0 saturated heterocycles. The summed E-state index contributed by atoms with van der Waals surface area (Å²) in [6.45, 7) is 9.95. The molecule has 0 heterocycles. The van der Waals surface area contributed by atoms with Gasteiger partial charge in [-0.25, -0.2) is 8.42 Å². The van der Waals surface area contributed by atoms with Crippen LogP contribution in [-0.4, -0.2) is 32.5 Å². The summed E-state index contributed by atoms with van der Waals surface area (Å²) in [7, 11) is -2.89. The van der Waals surface area contributed by atoms with Crippen LogP contribution in [-0.2, 0) is 9.84 Å². The Morgan fingerprint density at radius 3 is 2.37 bits per heavy atom. The van der Waals surface area contributed by atoms with Crippen LogP contribution in [0.3, 0.4) is 0 Å². The van der Waals surface area contributed by atoms with Crippen molar-refractivity contribution in [2.24, 2.45) is 11.3 Å². The van der Waals surface area contributed by atoms with Gasteiger partial charge in [0.15, 0.2) is 0 Å². The van der Waals surface area contributed by atoms with Crippen LogP contribution in [0.25, 0.3) is 0 Å². The zero-order valence-corrected chi connectivity index (χ0v) is 14.0. The minimum atomic E-state index is -2.89. The summed E-state index contributed by atoms with van der Waals surface area (Å²) < 4.78 is 23.6. The second kappa shape index (κ2) is 6.57. The van der Waals surface area contributed by atoms with Crippen molar-refractivity contribution in [2.75, 3.05) is 12.8 Å². The monoisotopic (exact) mass is 289 g/mol. The summed E-state index contributed by atoms with van der Waals surface area (Å²) >= 11 is 0. The fraction of sp³-hybridized carbons (Fsp3) is 1.00. The van der Waals surface area contributed by atoms with Crippen LogP contribution in [0.2, 0.25) is 0 Å². The van der Waals surface area contributed by atoms with Crippen LogP contribution in [0.15, 0.2) is 0 Å². The van der Waals surface area contributed by atoms with Gasteiger partial charge in [-0.3, -0.25) is 0 Å². The Labute approximate surface area is 119 Å². The Morgan fingerprint density at radius 2 is 1.89 bits per heavy atom. The molecule has 4 heteroatoms. The molecule has 3 atom stereocenters. The first-order valence-corrected chi connectivity index (χ1v) is 9.54. The number of nitrogens with one attached hydrogen (secondary N) is 1. The third-order valence-corrected chi connectivity index (χ3v) is 5.93. The van der Waals surface area contributed by atoms with E-state index in [1.807, 2.05) is 0 Å². The standard InChI is InChI=1S/C15H31NO2S/c1-6-10-16-14(15(2,3)4)12-8-7-9-13(11-12)19(5,17)18/h12-14,16H,6-11H2,1-5H3. The predicted octanol–water partition coefficient (Wildman–Crippen LogP) is 3.00. The summed E-state index contributed by atoms with van der Waals surface area (Å²) in [5, 5.41) is 3.53. The largest absolute Gasteiger partial charge is 0.313 e. The summed E-state index contributed by atoms with van der Waals surface area (Å²) in [6, 6.07) is 0.414. The first kappa shape index (κ1) is 17.0. The molecule has 1 fully saturated rings. The van der Waals surface area contributed by atoms with Crippen LogP contribution < -0.4 is 5.32 Å². The SMILES string of the molecule is CCCNC(C1CCCC(S(C)(=O)=O)C1)C(C)(C)C. The fourth-order valence-electron chi connectivity index (χ4n) is 3.35. The van der Waals surface area contributed by atoms with E-state index in [-0.39, 0.29) is 10.7 Å². The molecule has 1 rings (SSSR count). The summed E-state index contributed by atoms with van der Waals surface area (Å²) in [6.07, 6.45) is 6.39. The van der Waals surface area contributed by atoms with Gasteiger partial charge in [-0.2, -0.15) is 0 Å². The summed E-state index contributed by atoms with van der Waals surface area (Å²) in [5.41, 5.74) is 0.180. The Kier molecular flexibility index (Phi) is 5.87. The Balaban J connectivity index is 2.79. The van der Waals surface area contributed by atoms with Gasteiger partial charge in [0.2, 0.25) is 0 Å². The molecule has 0 aromatic carbocycles. The van der Waals surface area contributed by atoms with Gasteiger partial charge in [0.05, 0.1) is 5.25 Å². The van der Waals surface area contributed by atoms with Crippen molar-refractivity contribution in [3.05, 3.63) is 0 Å². The molecule has 0 bridgehead atoms. The molecule has 3 nitrogen and oxygen atoms in total. The Bertz CT molecular complexity index is 370. The third kappa shape index (κ3) is 5.07. The van der Waals surface area contributed by atoms with Crippen LogP contribution in [0, 0.1) is 11.3 Å². The molecule has 1 saturated carbocycles. The van der Waals surface area contributed by atoms with E-state index >= 15 is 0 Å². The number of hydrogen-bond donors (Lipinski definition) is 1. The van der Waals surface area contributed by atoms with Crippen molar-refractivity contribution >= 4 is 9.84 Å². The maximum absolute atomic E-state index is 11.8. The topological polar surface area (TPSA) is 46.2 Å². The molecule has 3 unspecified atom stereocenters. The quantitative estimate of drug-likeness (QED) is 0.846. The maximum atomic E-state index is 11.8. The van der Waals surface area contributed by atoms with E-state index in [9.17, 15) is 8.42 Å². The van der Waals surface area contributed by atoms with Gasteiger partial charge in [0.1, 0.15) is 9.84 Å². The normalized spacial score (nSPS) is 27.2. The van der Waals surface area contributed by atoms with Gasteiger partial charge in [0, 0.05) is 12.3 Å². The smallest absolute Gasteiger partial charge is 0.150 e. The lowest BCUT2D eigenvalue weighted by atomic mass is 9.73. The van der Waals surface area contributed by atoms with Gasteiger partial charge < -0.3 is 5.32 Å². The van der Waals surface area contributed by atoms with Gasteiger partial charge in [0.25, 0.3) is 0 Å². The average molecular weight is 289 g/mol.